The predicted octanol–water partition coefficient (Wildman–Crippen LogP) is 4.32. The summed E-state index contributed by atoms with van der Waals surface area (Å²) in [5.41, 5.74) is 1.01. The number of amides is 1. The van der Waals surface area contributed by atoms with Gasteiger partial charge >= 0.3 is 0 Å². The van der Waals surface area contributed by atoms with Crippen LogP contribution < -0.4 is 9.64 Å². The average Bonchev–Trinajstić information content (AvgIpc) is 3.29. The Bertz CT molecular complexity index is 1020. The van der Waals surface area contributed by atoms with E-state index in [2.05, 4.69) is 9.97 Å². The maximum atomic E-state index is 12.3. The highest BCUT2D eigenvalue weighted by atomic mass is 32.1. The zero-order valence-corrected chi connectivity index (χ0v) is 15.4. The van der Waals surface area contributed by atoms with Gasteiger partial charge in [-0.05, 0) is 18.4 Å². The molecule has 24 heavy (non-hydrogen) atoms. The molecule has 1 amide bonds. The molecule has 0 radical (unpaired) electrons. The Morgan fingerprint density at radius 1 is 1.33 bits per heavy atom. The van der Waals surface area contributed by atoms with Crippen LogP contribution in [0.3, 0.4) is 0 Å². The van der Waals surface area contributed by atoms with Crippen molar-refractivity contribution >= 4 is 65.4 Å². The van der Waals surface area contributed by atoms with Crippen LogP contribution in [0.1, 0.15) is 5.01 Å². The Balaban J connectivity index is 1.62. The number of thiophene rings is 1. The van der Waals surface area contributed by atoms with Gasteiger partial charge in [-0.2, -0.15) is 0 Å². The molecular formula is C16H13N3O2S3. The number of nitrogens with zero attached hydrogens (tertiary/aromatic N) is 3. The van der Waals surface area contributed by atoms with Crippen molar-refractivity contribution in [3.05, 3.63) is 34.1 Å². The zero-order chi connectivity index (χ0) is 16.7. The number of anilines is 1. The lowest BCUT2D eigenvalue weighted by Crippen LogP contribution is -2.31. The van der Waals surface area contributed by atoms with Gasteiger partial charge in [0.05, 0.1) is 19.9 Å². The van der Waals surface area contributed by atoms with Crippen LogP contribution in [-0.2, 0) is 4.79 Å². The van der Waals surface area contributed by atoms with Gasteiger partial charge in [0.15, 0.2) is 11.7 Å². The highest BCUT2D eigenvalue weighted by Gasteiger charge is 2.16. The van der Waals surface area contributed by atoms with Crippen LogP contribution in [0, 0.1) is 6.92 Å². The summed E-state index contributed by atoms with van der Waals surface area (Å²) in [5.74, 6) is 0.595. The SMILES string of the molecule is Cc1nc2c(cc(OCC(=O)N(C)c3nccs3)c3ccsc32)s1. The molecular weight excluding hydrogens is 362 g/mol. The molecule has 0 bridgehead atoms. The Morgan fingerprint density at radius 3 is 3.00 bits per heavy atom. The molecule has 4 aromatic rings. The van der Waals surface area contributed by atoms with Crippen LogP contribution in [0.4, 0.5) is 5.13 Å². The normalized spacial score (nSPS) is 11.2. The van der Waals surface area contributed by atoms with Gasteiger partial charge in [0.2, 0.25) is 0 Å². The molecule has 0 saturated carbocycles. The first kappa shape index (κ1) is 15.5. The van der Waals surface area contributed by atoms with Crippen LogP contribution in [-0.4, -0.2) is 29.5 Å². The van der Waals surface area contributed by atoms with Gasteiger partial charge in [0.1, 0.15) is 5.75 Å². The van der Waals surface area contributed by atoms with E-state index < -0.39 is 0 Å². The fourth-order valence-corrected chi connectivity index (χ4v) is 4.89. The first-order valence-electron chi connectivity index (χ1n) is 7.19. The number of rotatable bonds is 4. The second-order valence-corrected chi connectivity index (χ2v) is 8.20. The predicted molar refractivity (Wildman–Crippen MR) is 101 cm³/mol. The third-order valence-corrected chi connectivity index (χ3v) is 6.29. The Hall–Kier alpha value is -2.03. The van der Waals surface area contributed by atoms with Crippen LogP contribution in [0.2, 0.25) is 0 Å². The molecule has 4 rings (SSSR count). The molecule has 0 unspecified atom stereocenters. The molecule has 0 saturated heterocycles. The number of aryl methyl sites for hydroxylation is 1. The zero-order valence-electron chi connectivity index (χ0n) is 13.0. The number of hydrogen-bond donors (Lipinski definition) is 0. The van der Waals surface area contributed by atoms with Crippen LogP contribution >= 0.6 is 34.0 Å². The van der Waals surface area contributed by atoms with E-state index in [0.29, 0.717) is 5.13 Å². The molecule has 0 atom stereocenters. The first-order valence-corrected chi connectivity index (χ1v) is 9.77. The van der Waals surface area contributed by atoms with Gasteiger partial charge in [0.25, 0.3) is 5.91 Å². The summed E-state index contributed by atoms with van der Waals surface area (Å²) < 4.78 is 8.03. The minimum atomic E-state index is -0.131. The second-order valence-electron chi connectivity index (χ2n) is 5.17. The van der Waals surface area contributed by atoms with Gasteiger partial charge in [-0.1, -0.05) is 0 Å². The van der Waals surface area contributed by atoms with Crippen molar-refractivity contribution in [3.63, 3.8) is 0 Å². The Labute approximate surface area is 150 Å². The first-order chi connectivity index (χ1) is 11.6. The summed E-state index contributed by atoms with van der Waals surface area (Å²) in [6.45, 7) is 1.97. The molecule has 0 aliphatic heterocycles. The Kier molecular flexibility index (Phi) is 3.95. The number of carbonyl (C=O) groups excluding carboxylic acids is 1. The summed E-state index contributed by atoms with van der Waals surface area (Å²) in [7, 11) is 1.71. The Morgan fingerprint density at radius 2 is 2.21 bits per heavy atom. The quantitative estimate of drug-likeness (QED) is 0.533. The van der Waals surface area contributed by atoms with Crippen LogP contribution in [0.5, 0.6) is 5.75 Å². The van der Waals surface area contributed by atoms with Crippen molar-refractivity contribution < 1.29 is 9.53 Å². The lowest BCUT2D eigenvalue weighted by Gasteiger charge is -2.14. The molecule has 3 aromatic heterocycles. The number of thiazole rings is 2. The van der Waals surface area contributed by atoms with Crippen molar-refractivity contribution in [2.45, 2.75) is 6.92 Å². The largest absolute Gasteiger partial charge is 0.483 e. The fourth-order valence-electron chi connectivity index (χ4n) is 2.43. The summed E-state index contributed by atoms with van der Waals surface area (Å²) in [6.07, 6.45) is 1.68. The number of likely N-dealkylation sites (N-methyl/N-ethyl adjacent to an activating group) is 1. The lowest BCUT2D eigenvalue weighted by molar-refractivity contribution is -0.120. The molecule has 122 valence electrons. The van der Waals surface area contributed by atoms with E-state index in [1.807, 2.05) is 29.8 Å². The monoisotopic (exact) mass is 375 g/mol. The van der Waals surface area contributed by atoms with Crippen molar-refractivity contribution in [1.82, 2.24) is 9.97 Å². The molecule has 0 N–H and O–H groups in total. The number of fused-ring (bicyclic) bond motifs is 3. The molecule has 8 heteroatoms. The van der Waals surface area contributed by atoms with Gasteiger partial charge in [-0.15, -0.1) is 34.0 Å². The minimum absolute atomic E-state index is 0.0235. The second kappa shape index (κ2) is 6.12. The molecule has 3 heterocycles. The molecule has 0 aliphatic carbocycles. The summed E-state index contributed by atoms with van der Waals surface area (Å²) in [5, 5.41) is 6.56. The van der Waals surface area contributed by atoms with Crippen LogP contribution in [0.25, 0.3) is 20.3 Å². The lowest BCUT2D eigenvalue weighted by atomic mass is 10.2. The number of aromatic nitrogens is 2. The van der Waals surface area contributed by atoms with Crippen LogP contribution in [0.15, 0.2) is 29.1 Å². The van der Waals surface area contributed by atoms with Gasteiger partial charge in [0, 0.05) is 30.1 Å². The van der Waals surface area contributed by atoms with E-state index in [1.54, 1.807) is 35.9 Å². The molecule has 0 spiro atoms. The molecule has 0 aliphatic rings. The third kappa shape index (κ3) is 2.66. The van der Waals surface area contributed by atoms with E-state index in [1.165, 1.54) is 16.2 Å². The number of carbonyl (C=O) groups is 1. The minimum Gasteiger partial charge on any atom is -0.483 e. The van der Waals surface area contributed by atoms with E-state index >= 15 is 0 Å². The van der Waals surface area contributed by atoms with Gasteiger partial charge in [-0.25, -0.2) is 9.97 Å². The number of benzene rings is 1. The van der Waals surface area contributed by atoms with Crippen molar-refractivity contribution in [2.75, 3.05) is 18.6 Å². The van der Waals surface area contributed by atoms with Gasteiger partial charge in [-0.3, -0.25) is 9.69 Å². The average molecular weight is 376 g/mol. The topological polar surface area (TPSA) is 55.3 Å². The van der Waals surface area contributed by atoms with Crippen molar-refractivity contribution in [2.24, 2.45) is 0 Å². The maximum absolute atomic E-state index is 12.3. The highest BCUT2D eigenvalue weighted by molar-refractivity contribution is 7.21. The summed E-state index contributed by atoms with van der Waals surface area (Å²) >= 11 is 4.70. The fraction of sp³-hybridized carbons (Fsp3) is 0.188. The van der Waals surface area contributed by atoms with E-state index in [0.717, 1.165) is 31.1 Å². The molecule has 0 fully saturated rings. The van der Waals surface area contributed by atoms with Crippen molar-refractivity contribution in [3.8, 4) is 5.75 Å². The van der Waals surface area contributed by atoms with Gasteiger partial charge < -0.3 is 4.74 Å². The van der Waals surface area contributed by atoms with E-state index in [4.69, 9.17) is 4.74 Å². The van der Waals surface area contributed by atoms with Crippen molar-refractivity contribution in [1.29, 1.82) is 0 Å². The van der Waals surface area contributed by atoms with E-state index in [9.17, 15) is 4.79 Å². The van der Waals surface area contributed by atoms with E-state index in [-0.39, 0.29) is 12.5 Å². The third-order valence-electron chi connectivity index (χ3n) is 3.60. The standard InChI is InChI=1S/C16H13N3O2S3/c1-9-18-14-12(24-9)7-11(10-3-5-22-15(10)14)21-8-13(20)19(2)16-17-4-6-23-16/h3-7H,8H2,1-2H3. The molecule has 5 nitrogen and oxygen atoms in total. The number of ether oxygens (including phenoxy) is 1. The summed E-state index contributed by atoms with van der Waals surface area (Å²) in [6, 6.07) is 3.99. The number of hydrogen-bond acceptors (Lipinski definition) is 7. The smallest absolute Gasteiger partial charge is 0.266 e. The highest BCUT2D eigenvalue weighted by Crippen LogP contribution is 2.38. The maximum Gasteiger partial charge on any atom is 0.266 e. The summed E-state index contributed by atoms with van der Waals surface area (Å²) in [4.78, 5) is 22.6. The molecule has 1 aromatic carbocycles.